The van der Waals surface area contributed by atoms with Gasteiger partial charge < -0.3 is 14.6 Å². The maximum atomic E-state index is 9.43. The van der Waals surface area contributed by atoms with Crippen LogP contribution >= 0.6 is 0 Å². The maximum absolute atomic E-state index is 9.43. The molecule has 0 amide bonds. The second kappa shape index (κ2) is 4.31. The first-order chi connectivity index (χ1) is 8.31. The lowest BCUT2D eigenvalue weighted by atomic mass is 9.80. The van der Waals surface area contributed by atoms with Crippen LogP contribution in [0, 0.1) is 5.41 Å². The second-order valence-electron chi connectivity index (χ2n) is 5.22. The Balaban J connectivity index is 1.79. The minimum absolute atomic E-state index is 0.0379. The zero-order valence-electron chi connectivity index (χ0n) is 9.95. The van der Waals surface area contributed by atoms with Gasteiger partial charge in [0.25, 0.3) is 0 Å². The minimum Gasteiger partial charge on any atom is -0.493 e. The van der Waals surface area contributed by atoms with Crippen LogP contribution in [0.1, 0.15) is 17.5 Å². The van der Waals surface area contributed by atoms with Crippen LogP contribution in [0.2, 0.25) is 0 Å². The molecular formula is C14H18O3. The number of ether oxygens (including phenoxy) is 2. The summed E-state index contributed by atoms with van der Waals surface area (Å²) in [6.45, 7) is 2.40. The van der Waals surface area contributed by atoms with Gasteiger partial charge in [-0.2, -0.15) is 0 Å². The van der Waals surface area contributed by atoms with Crippen molar-refractivity contribution in [1.82, 2.24) is 0 Å². The molecule has 3 rings (SSSR count). The number of hydrogen-bond donors (Lipinski definition) is 1. The Morgan fingerprint density at radius 3 is 2.88 bits per heavy atom. The van der Waals surface area contributed by atoms with E-state index in [1.807, 2.05) is 0 Å². The molecule has 1 saturated heterocycles. The molecule has 1 aromatic carbocycles. The monoisotopic (exact) mass is 234 g/mol. The van der Waals surface area contributed by atoms with Crippen LogP contribution < -0.4 is 4.74 Å². The highest BCUT2D eigenvalue weighted by atomic mass is 16.5. The summed E-state index contributed by atoms with van der Waals surface area (Å²) in [5.41, 5.74) is 2.55. The van der Waals surface area contributed by atoms with E-state index in [2.05, 4.69) is 18.2 Å². The van der Waals surface area contributed by atoms with Crippen LogP contribution in [0.15, 0.2) is 18.2 Å². The lowest BCUT2D eigenvalue weighted by Gasteiger charge is -2.40. The van der Waals surface area contributed by atoms with E-state index in [4.69, 9.17) is 9.47 Å². The van der Waals surface area contributed by atoms with E-state index in [1.165, 1.54) is 11.1 Å². The Kier molecular flexibility index (Phi) is 2.81. The zero-order chi connectivity index (χ0) is 11.7. The Bertz CT molecular complexity index is 404. The summed E-state index contributed by atoms with van der Waals surface area (Å²) in [6, 6.07) is 6.40. The van der Waals surface area contributed by atoms with Gasteiger partial charge in [-0.1, -0.05) is 12.1 Å². The maximum Gasteiger partial charge on any atom is 0.122 e. The van der Waals surface area contributed by atoms with E-state index in [9.17, 15) is 5.11 Å². The fourth-order valence-corrected chi connectivity index (χ4v) is 2.60. The molecule has 1 N–H and O–H groups in total. The average molecular weight is 234 g/mol. The van der Waals surface area contributed by atoms with Gasteiger partial charge in [-0.05, 0) is 36.5 Å². The van der Waals surface area contributed by atoms with Crippen molar-refractivity contribution in [2.75, 3.05) is 26.4 Å². The summed E-state index contributed by atoms with van der Waals surface area (Å²) in [6.07, 6.45) is 3.10. The van der Waals surface area contributed by atoms with Gasteiger partial charge in [-0.3, -0.25) is 0 Å². The highest BCUT2D eigenvalue weighted by Gasteiger charge is 2.38. The Labute approximate surface area is 101 Å². The molecule has 92 valence electrons. The molecule has 3 heteroatoms. The molecule has 1 aromatic rings. The normalized spacial score (nSPS) is 21.2. The van der Waals surface area contributed by atoms with Crippen LogP contribution in [-0.2, 0) is 17.6 Å². The summed E-state index contributed by atoms with van der Waals surface area (Å²) in [7, 11) is 0. The predicted octanol–water partition coefficient (Wildman–Crippen LogP) is 1.56. The molecule has 1 fully saturated rings. The van der Waals surface area contributed by atoms with E-state index in [0.717, 1.165) is 31.6 Å². The van der Waals surface area contributed by atoms with Crippen molar-refractivity contribution >= 4 is 0 Å². The van der Waals surface area contributed by atoms with E-state index in [0.29, 0.717) is 13.2 Å². The number of rotatable bonds is 3. The molecule has 0 atom stereocenters. The Morgan fingerprint density at radius 2 is 2.18 bits per heavy atom. The molecule has 17 heavy (non-hydrogen) atoms. The van der Waals surface area contributed by atoms with Crippen molar-refractivity contribution in [2.24, 2.45) is 5.41 Å². The van der Waals surface area contributed by atoms with E-state index in [1.54, 1.807) is 0 Å². The summed E-state index contributed by atoms with van der Waals surface area (Å²) < 4.78 is 10.8. The van der Waals surface area contributed by atoms with Crippen molar-refractivity contribution in [3.63, 3.8) is 0 Å². The summed E-state index contributed by atoms with van der Waals surface area (Å²) in [4.78, 5) is 0. The zero-order valence-corrected chi connectivity index (χ0v) is 9.95. The number of benzene rings is 1. The predicted molar refractivity (Wildman–Crippen MR) is 64.3 cm³/mol. The largest absolute Gasteiger partial charge is 0.493 e. The molecule has 0 aromatic heterocycles. The van der Waals surface area contributed by atoms with Gasteiger partial charge in [-0.25, -0.2) is 0 Å². The van der Waals surface area contributed by atoms with Gasteiger partial charge in [0.2, 0.25) is 0 Å². The number of fused-ring (bicyclic) bond motifs is 1. The summed E-state index contributed by atoms with van der Waals surface area (Å²) >= 11 is 0. The Morgan fingerprint density at radius 1 is 1.29 bits per heavy atom. The van der Waals surface area contributed by atoms with Gasteiger partial charge >= 0.3 is 0 Å². The fourth-order valence-electron chi connectivity index (χ4n) is 2.60. The van der Waals surface area contributed by atoms with Gasteiger partial charge in [0, 0.05) is 5.41 Å². The number of aliphatic hydroxyl groups is 1. The van der Waals surface area contributed by atoms with Crippen molar-refractivity contribution in [3.05, 3.63) is 29.3 Å². The molecule has 0 bridgehead atoms. The summed E-state index contributed by atoms with van der Waals surface area (Å²) in [5, 5.41) is 9.43. The fraction of sp³-hybridized carbons (Fsp3) is 0.571. The molecule has 0 aliphatic carbocycles. The van der Waals surface area contributed by atoms with Gasteiger partial charge in [0.1, 0.15) is 5.75 Å². The average Bonchev–Trinajstić information content (AvgIpc) is 2.34. The molecule has 2 heterocycles. The lowest BCUT2D eigenvalue weighted by molar-refractivity contribution is -0.136. The van der Waals surface area contributed by atoms with Crippen LogP contribution in [0.25, 0.3) is 0 Å². The highest BCUT2D eigenvalue weighted by molar-refractivity contribution is 5.39. The van der Waals surface area contributed by atoms with Crippen LogP contribution in [0.3, 0.4) is 0 Å². The molecule has 2 aliphatic rings. The highest BCUT2D eigenvalue weighted by Crippen LogP contribution is 2.33. The standard InChI is InChI=1S/C14H18O3/c15-8-14(9-16-10-14)7-11-3-4-13-12(6-11)2-1-5-17-13/h3-4,6,15H,1-2,5,7-10H2. The molecular weight excluding hydrogens is 216 g/mol. The first-order valence-electron chi connectivity index (χ1n) is 6.25. The third-order valence-electron chi connectivity index (χ3n) is 3.70. The molecule has 0 saturated carbocycles. The topological polar surface area (TPSA) is 38.7 Å². The molecule has 2 aliphatic heterocycles. The van der Waals surface area contributed by atoms with Crippen molar-refractivity contribution in [3.8, 4) is 5.75 Å². The van der Waals surface area contributed by atoms with E-state index < -0.39 is 0 Å². The number of aliphatic hydroxyl groups excluding tert-OH is 1. The molecule has 0 spiro atoms. The SMILES string of the molecule is OCC1(Cc2ccc3c(c2)CCCO3)COC1. The van der Waals surface area contributed by atoms with E-state index >= 15 is 0 Å². The summed E-state index contributed by atoms with van der Waals surface area (Å²) in [5.74, 6) is 1.03. The van der Waals surface area contributed by atoms with Gasteiger partial charge in [0.15, 0.2) is 0 Å². The van der Waals surface area contributed by atoms with Crippen molar-refractivity contribution in [2.45, 2.75) is 19.3 Å². The van der Waals surface area contributed by atoms with Gasteiger partial charge in [0.05, 0.1) is 26.4 Å². The smallest absolute Gasteiger partial charge is 0.122 e. The third-order valence-corrected chi connectivity index (χ3v) is 3.70. The number of aryl methyl sites for hydroxylation is 1. The van der Waals surface area contributed by atoms with Gasteiger partial charge in [-0.15, -0.1) is 0 Å². The Hall–Kier alpha value is -1.06. The third kappa shape index (κ3) is 2.05. The van der Waals surface area contributed by atoms with E-state index in [-0.39, 0.29) is 12.0 Å². The van der Waals surface area contributed by atoms with Crippen molar-refractivity contribution < 1.29 is 14.6 Å². The number of hydrogen-bond acceptors (Lipinski definition) is 3. The first kappa shape index (κ1) is 11.1. The first-order valence-corrected chi connectivity index (χ1v) is 6.25. The molecule has 0 unspecified atom stereocenters. The van der Waals surface area contributed by atoms with Crippen LogP contribution in [0.5, 0.6) is 5.75 Å². The molecule has 0 radical (unpaired) electrons. The minimum atomic E-state index is -0.0379. The van der Waals surface area contributed by atoms with Crippen LogP contribution in [-0.4, -0.2) is 31.5 Å². The second-order valence-corrected chi connectivity index (χ2v) is 5.22. The van der Waals surface area contributed by atoms with Crippen molar-refractivity contribution in [1.29, 1.82) is 0 Å². The lowest BCUT2D eigenvalue weighted by Crippen LogP contribution is -2.47. The molecule has 3 nitrogen and oxygen atoms in total. The quantitative estimate of drug-likeness (QED) is 0.862. The van der Waals surface area contributed by atoms with Crippen LogP contribution in [0.4, 0.5) is 0 Å².